The second-order valence-corrected chi connectivity index (χ2v) is 9.21. The Hall–Kier alpha value is -3.19. The molecule has 0 atom stereocenters. The molecule has 1 aliphatic rings. The number of pyridine rings is 1. The van der Waals surface area contributed by atoms with Gasteiger partial charge in [-0.3, -0.25) is 0 Å². The van der Waals surface area contributed by atoms with Gasteiger partial charge in [0.2, 0.25) is 5.69 Å². The lowest BCUT2D eigenvalue weighted by Crippen LogP contribution is -2.32. The third kappa shape index (κ3) is 3.20. The molecule has 0 saturated heterocycles. The SMILES string of the molecule is Cc1c[n+](C)c(-c2cc(-c3ccccc3)c3c(c2C)Cc2ccccc2-3)cc1C(C)C. The van der Waals surface area contributed by atoms with E-state index in [1.165, 1.54) is 61.3 Å². The minimum Gasteiger partial charge on any atom is -0.201 e. The first-order chi connectivity index (χ1) is 15.0. The van der Waals surface area contributed by atoms with Gasteiger partial charge in [0.25, 0.3) is 0 Å². The monoisotopic (exact) mass is 404 g/mol. The number of aromatic nitrogens is 1. The van der Waals surface area contributed by atoms with Crippen molar-refractivity contribution in [1.29, 1.82) is 0 Å². The highest BCUT2D eigenvalue weighted by Crippen LogP contribution is 2.47. The zero-order valence-corrected chi connectivity index (χ0v) is 19.2. The van der Waals surface area contributed by atoms with Crippen molar-refractivity contribution >= 4 is 0 Å². The molecule has 0 N–H and O–H groups in total. The van der Waals surface area contributed by atoms with Crippen LogP contribution in [0.15, 0.2) is 72.9 Å². The number of benzene rings is 3. The lowest BCUT2D eigenvalue weighted by atomic mass is 9.87. The molecular formula is C30H30N+. The molecule has 0 unspecified atom stereocenters. The topological polar surface area (TPSA) is 3.88 Å². The highest BCUT2D eigenvalue weighted by atomic mass is 14.9. The molecule has 0 saturated carbocycles. The van der Waals surface area contributed by atoms with Crippen molar-refractivity contribution in [2.45, 2.75) is 40.0 Å². The van der Waals surface area contributed by atoms with E-state index >= 15 is 0 Å². The van der Waals surface area contributed by atoms with Crippen LogP contribution in [0.4, 0.5) is 0 Å². The second kappa shape index (κ2) is 7.50. The van der Waals surface area contributed by atoms with Crippen molar-refractivity contribution in [3.8, 4) is 33.5 Å². The molecule has 1 heteroatoms. The maximum absolute atomic E-state index is 2.43. The minimum absolute atomic E-state index is 0.507. The normalized spacial score (nSPS) is 12.2. The molecule has 0 bridgehead atoms. The summed E-state index contributed by atoms with van der Waals surface area (Å²) in [5.41, 5.74) is 15.2. The number of nitrogens with zero attached hydrogens (tertiary/aromatic N) is 1. The summed E-state index contributed by atoms with van der Waals surface area (Å²) < 4.78 is 2.30. The lowest BCUT2D eigenvalue weighted by Gasteiger charge is -2.17. The van der Waals surface area contributed by atoms with E-state index in [2.05, 4.69) is 112 Å². The number of hydrogen-bond acceptors (Lipinski definition) is 0. The van der Waals surface area contributed by atoms with Crippen molar-refractivity contribution in [3.05, 3.63) is 101 Å². The molecule has 31 heavy (non-hydrogen) atoms. The Balaban J connectivity index is 1.83. The van der Waals surface area contributed by atoms with Gasteiger partial charge in [-0.15, -0.1) is 0 Å². The number of rotatable bonds is 3. The maximum Gasteiger partial charge on any atom is 0.212 e. The number of aryl methyl sites for hydroxylation is 2. The summed E-state index contributed by atoms with van der Waals surface area (Å²) in [6.45, 7) is 9.10. The molecule has 1 heterocycles. The Bertz CT molecular complexity index is 1300. The van der Waals surface area contributed by atoms with Crippen LogP contribution in [0.1, 0.15) is 47.6 Å². The van der Waals surface area contributed by atoms with Gasteiger partial charge in [-0.1, -0.05) is 68.4 Å². The molecule has 154 valence electrons. The average molecular weight is 405 g/mol. The third-order valence-corrected chi connectivity index (χ3v) is 6.87. The summed E-state index contributed by atoms with van der Waals surface area (Å²) in [6, 6.07) is 24.6. The molecule has 0 aliphatic heterocycles. The molecule has 0 amide bonds. The van der Waals surface area contributed by atoms with Crippen LogP contribution in [0, 0.1) is 13.8 Å². The minimum atomic E-state index is 0.507. The predicted octanol–water partition coefficient (Wildman–Crippen LogP) is 7.16. The van der Waals surface area contributed by atoms with E-state index in [9.17, 15) is 0 Å². The Labute approximate surface area is 186 Å². The number of hydrogen-bond donors (Lipinski definition) is 0. The van der Waals surface area contributed by atoms with Gasteiger partial charge in [-0.05, 0) is 76.8 Å². The van der Waals surface area contributed by atoms with Crippen molar-refractivity contribution in [2.24, 2.45) is 7.05 Å². The van der Waals surface area contributed by atoms with Crippen LogP contribution in [0.2, 0.25) is 0 Å². The fourth-order valence-electron chi connectivity index (χ4n) is 5.27. The van der Waals surface area contributed by atoms with Gasteiger partial charge in [0.1, 0.15) is 7.05 Å². The van der Waals surface area contributed by atoms with Crippen LogP contribution in [0.5, 0.6) is 0 Å². The zero-order valence-electron chi connectivity index (χ0n) is 19.2. The van der Waals surface area contributed by atoms with E-state index in [0.717, 1.165) is 6.42 Å². The summed E-state index contributed by atoms with van der Waals surface area (Å²) in [5.74, 6) is 0.507. The Morgan fingerprint density at radius 3 is 2.26 bits per heavy atom. The first kappa shape index (κ1) is 19.8. The lowest BCUT2D eigenvalue weighted by molar-refractivity contribution is -0.660. The van der Waals surface area contributed by atoms with Crippen molar-refractivity contribution < 1.29 is 4.57 Å². The van der Waals surface area contributed by atoms with Gasteiger partial charge in [-0.25, -0.2) is 4.57 Å². The van der Waals surface area contributed by atoms with Gasteiger partial charge >= 0.3 is 0 Å². The van der Waals surface area contributed by atoms with Gasteiger partial charge < -0.3 is 0 Å². The first-order valence-electron chi connectivity index (χ1n) is 11.3. The highest BCUT2D eigenvalue weighted by Gasteiger charge is 2.28. The van der Waals surface area contributed by atoms with Crippen molar-refractivity contribution in [2.75, 3.05) is 0 Å². The molecule has 0 fully saturated rings. The van der Waals surface area contributed by atoms with Crippen LogP contribution in [-0.2, 0) is 13.5 Å². The summed E-state index contributed by atoms with van der Waals surface area (Å²) in [4.78, 5) is 0. The largest absolute Gasteiger partial charge is 0.212 e. The molecule has 1 aliphatic carbocycles. The van der Waals surface area contributed by atoms with E-state index in [0.29, 0.717) is 5.92 Å². The van der Waals surface area contributed by atoms with Gasteiger partial charge in [0.15, 0.2) is 6.20 Å². The zero-order chi connectivity index (χ0) is 21.7. The summed E-state index contributed by atoms with van der Waals surface area (Å²) in [7, 11) is 2.18. The molecule has 3 aromatic carbocycles. The smallest absolute Gasteiger partial charge is 0.201 e. The van der Waals surface area contributed by atoms with Crippen LogP contribution in [0.25, 0.3) is 33.5 Å². The molecule has 1 nitrogen and oxygen atoms in total. The standard InChI is InChI=1S/C30H30N/c1-19(2)25-17-29(31(5)18-20(25)3)26-16-28(22-11-7-6-8-12-22)30-24-14-10-9-13-23(24)15-27(30)21(26)4/h6-14,16-19H,15H2,1-5H3/q+1. The van der Waals surface area contributed by atoms with Crippen molar-refractivity contribution in [3.63, 3.8) is 0 Å². The molecule has 0 radical (unpaired) electrons. The predicted molar refractivity (Wildman–Crippen MR) is 130 cm³/mol. The summed E-state index contributed by atoms with van der Waals surface area (Å²) >= 11 is 0. The van der Waals surface area contributed by atoms with E-state index in [1.54, 1.807) is 0 Å². The van der Waals surface area contributed by atoms with E-state index in [1.807, 2.05) is 0 Å². The van der Waals surface area contributed by atoms with Crippen LogP contribution < -0.4 is 4.57 Å². The van der Waals surface area contributed by atoms with E-state index in [4.69, 9.17) is 0 Å². The third-order valence-electron chi connectivity index (χ3n) is 6.87. The quantitative estimate of drug-likeness (QED) is 0.281. The van der Waals surface area contributed by atoms with Crippen molar-refractivity contribution in [1.82, 2.24) is 0 Å². The highest BCUT2D eigenvalue weighted by molar-refractivity contribution is 5.94. The van der Waals surface area contributed by atoms with Crippen LogP contribution in [-0.4, -0.2) is 0 Å². The Kier molecular flexibility index (Phi) is 4.78. The number of fused-ring (bicyclic) bond motifs is 3. The second-order valence-electron chi connectivity index (χ2n) is 9.21. The van der Waals surface area contributed by atoms with Gasteiger partial charge in [0, 0.05) is 17.2 Å². The summed E-state index contributed by atoms with van der Waals surface area (Å²) in [5, 5.41) is 0. The van der Waals surface area contributed by atoms with Crippen LogP contribution in [0.3, 0.4) is 0 Å². The van der Waals surface area contributed by atoms with E-state index in [-0.39, 0.29) is 0 Å². The Morgan fingerprint density at radius 2 is 1.52 bits per heavy atom. The molecule has 5 rings (SSSR count). The fourth-order valence-corrected chi connectivity index (χ4v) is 5.27. The molecule has 4 aromatic rings. The first-order valence-corrected chi connectivity index (χ1v) is 11.3. The average Bonchev–Trinajstić information content (AvgIpc) is 3.15. The molecule has 0 spiro atoms. The van der Waals surface area contributed by atoms with Gasteiger partial charge in [-0.2, -0.15) is 0 Å². The Morgan fingerprint density at radius 1 is 0.806 bits per heavy atom. The maximum atomic E-state index is 2.43. The summed E-state index contributed by atoms with van der Waals surface area (Å²) in [6.07, 6.45) is 3.30. The molecular weight excluding hydrogens is 374 g/mol. The fraction of sp³-hybridized carbons (Fsp3) is 0.233. The van der Waals surface area contributed by atoms with E-state index < -0.39 is 0 Å². The molecule has 1 aromatic heterocycles. The van der Waals surface area contributed by atoms with Crippen LogP contribution >= 0.6 is 0 Å². The van der Waals surface area contributed by atoms with Gasteiger partial charge in [0.05, 0.1) is 0 Å².